The number of benzene rings is 1. The molecule has 0 saturated heterocycles. The van der Waals surface area contributed by atoms with Crippen molar-refractivity contribution >= 4 is 0 Å². The fourth-order valence-corrected chi connectivity index (χ4v) is 1.13. The van der Waals surface area contributed by atoms with E-state index >= 15 is 0 Å². The summed E-state index contributed by atoms with van der Waals surface area (Å²) in [6, 6.07) is 9.89. The van der Waals surface area contributed by atoms with Gasteiger partial charge in [0.15, 0.2) is 0 Å². The molecular weight excluding hydrogens is 164 g/mol. The maximum absolute atomic E-state index is 5.38. The monoisotopic (exact) mass is 174 g/mol. The second-order valence-corrected chi connectivity index (χ2v) is 2.65. The molecule has 0 unspecified atom stereocenters. The molecule has 4 heteroatoms. The number of nitrogens with two attached hydrogens (primary N) is 1. The number of rotatable bonds is 2. The summed E-state index contributed by atoms with van der Waals surface area (Å²) in [6.45, 7) is 0.312. The Morgan fingerprint density at radius 3 is 2.62 bits per heavy atom. The molecule has 2 N–H and O–H groups in total. The van der Waals surface area contributed by atoms with Gasteiger partial charge in [-0.15, -0.1) is 0 Å². The van der Waals surface area contributed by atoms with Gasteiger partial charge in [0.05, 0.1) is 6.20 Å². The Hall–Kier alpha value is -1.68. The highest BCUT2D eigenvalue weighted by Crippen LogP contribution is 2.13. The number of hydrogen-bond acceptors (Lipinski definition) is 3. The van der Waals surface area contributed by atoms with Crippen molar-refractivity contribution in [1.82, 2.24) is 15.0 Å². The first kappa shape index (κ1) is 7.94. The van der Waals surface area contributed by atoms with E-state index in [9.17, 15) is 0 Å². The van der Waals surface area contributed by atoms with Gasteiger partial charge in [0.2, 0.25) is 0 Å². The van der Waals surface area contributed by atoms with Crippen molar-refractivity contribution in [2.24, 2.45) is 5.73 Å². The van der Waals surface area contributed by atoms with Crippen LogP contribution < -0.4 is 5.73 Å². The molecule has 13 heavy (non-hydrogen) atoms. The molecule has 0 amide bonds. The van der Waals surface area contributed by atoms with Crippen molar-refractivity contribution < 1.29 is 0 Å². The summed E-state index contributed by atoms with van der Waals surface area (Å²) in [5.41, 5.74) is 7.29. The van der Waals surface area contributed by atoms with Crippen molar-refractivity contribution in [3.63, 3.8) is 0 Å². The van der Waals surface area contributed by atoms with Gasteiger partial charge in [-0.05, 0) is 0 Å². The van der Waals surface area contributed by atoms with Crippen molar-refractivity contribution in [2.45, 2.75) is 6.67 Å². The molecular formula is C9H10N4. The molecule has 0 fully saturated rings. The Labute approximate surface area is 76.0 Å². The molecule has 0 aliphatic heterocycles. The summed E-state index contributed by atoms with van der Waals surface area (Å²) >= 11 is 0. The van der Waals surface area contributed by atoms with E-state index in [4.69, 9.17) is 5.73 Å². The normalized spacial score (nSPS) is 10.2. The van der Waals surface area contributed by atoms with Crippen LogP contribution in [0.3, 0.4) is 0 Å². The van der Waals surface area contributed by atoms with Gasteiger partial charge in [-0.3, -0.25) is 0 Å². The van der Waals surface area contributed by atoms with Gasteiger partial charge in [-0.1, -0.05) is 30.3 Å². The summed E-state index contributed by atoms with van der Waals surface area (Å²) in [7, 11) is 0. The standard InChI is InChI=1S/C9H10N4/c10-7-13-11-6-9(12-13)8-4-2-1-3-5-8/h1-6H,7,10H2. The molecule has 0 saturated carbocycles. The smallest absolute Gasteiger partial charge is 0.113 e. The van der Waals surface area contributed by atoms with Crippen LogP contribution in [0.25, 0.3) is 11.3 Å². The van der Waals surface area contributed by atoms with Crippen LogP contribution in [-0.2, 0) is 6.67 Å². The molecule has 0 radical (unpaired) electrons. The second-order valence-electron chi connectivity index (χ2n) is 2.65. The van der Waals surface area contributed by atoms with Crippen LogP contribution in [0.5, 0.6) is 0 Å². The topological polar surface area (TPSA) is 56.7 Å². The molecule has 66 valence electrons. The quantitative estimate of drug-likeness (QED) is 0.734. The highest BCUT2D eigenvalue weighted by molar-refractivity contribution is 5.56. The highest BCUT2D eigenvalue weighted by atomic mass is 15.5. The molecule has 0 aliphatic rings. The summed E-state index contributed by atoms with van der Waals surface area (Å²) < 4.78 is 0. The van der Waals surface area contributed by atoms with E-state index < -0.39 is 0 Å². The van der Waals surface area contributed by atoms with E-state index in [1.165, 1.54) is 4.80 Å². The number of nitrogens with zero attached hydrogens (tertiary/aromatic N) is 3. The lowest BCUT2D eigenvalue weighted by Crippen LogP contribution is -2.09. The zero-order chi connectivity index (χ0) is 9.10. The zero-order valence-corrected chi connectivity index (χ0v) is 7.09. The van der Waals surface area contributed by atoms with Gasteiger partial charge in [-0.2, -0.15) is 15.0 Å². The van der Waals surface area contributed by atoms with Crippen LogP contribution in [0, 0.1) is 0 Å². The van der Waals surface area contributed by atoms with Gasteiger partial charge in [-0.25, -0.2) is 0 Å². The van der Waals surface area contributed by atoms with E-state index in [0.29, 0.717) is 6.67 Å². The first-order valence-electron chi connectivity index (χ1n) is 4.06. The van der Waals surface area contributed by atoms with Crippen LogP contribution in [0.1, 0.15) is 0 Å². The number of aromatic nitrogens is 3. The minimum Gasteiger partial charge on any atom is -0.311 e. The van der Waals surface area contributed by atoms with Crippen molar-refractivity contribution in [2.75, 3.05) is 0 Å². The van der Waals surface area contributed by atoms with E-state index in [1.54, 1.807) is 6.20 Å². The van der Waals surface area contributed by atoms with Crippen LogP contribution in [0.15, 0.2) is 36.5 Å². The first-order valence-corrected chi connectivity index (χ1v) is 4.06. The van der Waals surface area contributed by atoms with E-state index in [0.717, 1.165) is 11.3 Å². The second kappa shape index (κ2) is 3.37. The summed E-state index contributed by atoms with van der Waals surface area (Å²) in [5.74, 6) is 0. The zero-order valence-electron chi connectivity index (χ0n) is 7.09. The Balaban J connectivity index is 2.36. The van der Waals surface area contributed by atoms with Crippen molar-refractivity contribution in [1.29, 1.82) is 0 Å². The molecule has 1 aromatic heterocycles. The van der Waals surface area contributed by atoms with Gasteiger partial charge >= 0.3 is 0 Å². The predicted molar refractivity (Wildman–Crippen MR) is 49.6 cm³/mol. The van der Waals surface area contributed by atoms with Crippen molar-refractivity contribution in [3.05, 3.63) is 36.5 Å². The lowest BCUT2D eigenvalue weighted by molar-refractivity contribution is 0.554. The highest BCUT2D eigenvalue weighted by Gasteiger charge is 2.00. The van der Waals surface area contributed by atoms with Crippen LogP contribution in [0.2, 0.25) is 0 Å². The van der Waals surface area contributed by atoms with Crippen molar-refractivity contribution in [3.8, 4) is 11.3 Å². The fraction of sp³-hybridized carbons (Fsp3) is 0.111. The van der Waals surface area contributed by atoms with E-state index in [-0.39, 0.29) is 0 Å². The summed E-state index contributed by atoms with van der Waals surface area (Å²) in [4.78, 5) is 1.46. The largest absolute Gasteiger partial charge is 0.311 e. The molecule has 0 spiro atoms. The van der Waals surface area contributed by atoms with Gasteiger partial charge < -0.3 is 5.73 Å². The molecule has 1 aromatic carbocycles. The Kier molecular flexibility index (Phi) is 2.06. The third-order valence-electron chi connectivity index (χ3n) is 1.77. The van der Waals surface area contributed by atoms with E-state index in [2.05, 4.69) is 10.2 Å². The van der Waals surface area contributed by atoms with E-state index in [1.807, 2.05) is 30.3 Å². The maximum atomic E-state index is 5.38. The SMILES string of the molecule is NCn1ncc(-c2ccccc2)n1. The molecule has 0 bridgehead atoms. The fourth-order valence-electron chi connectivity index (χ4n) is 1.13. The maximum Gasteiger partial charge on any atom is 0.113 e. The van der Waals surface area contributed by atoms with Crippen LogP contribution in [0.4, 0.5) is 0 Å². The average Bonchev–Trinajstić information content (AvgIpc) is 2.67. The third kappa shape index (κ3) is 1.57. The molecule has 4 nitrogen and oxygen atoms in total. The Bertz CT molecular complexity index is 380. The lowest BCUT2D eigenvalue weighted by Gasteiger charge is -1.93. The average molecular weight is 174 g/mol. The minimum atomic E-state index is 0.312. The Morgan fingerprint density at radius 1 is 1.23 bits per heavy atom. The van der Waals surface area contributed by atoms with Crippen LogP contribution >= 0.6 is 0 Å². The van der Waals surface area contributed by atoms with Gasteiger partial charge in [0.1, 0.15) is 12.4 Å². The first-order chi connectivity index (χ1) is 6.40. The molecule has 0 atom stereocenters. The summed E-state index contributed by atoms with van der Waals surface area (Å²) in [5, 5.41) is 8.17. The minimum absolute atomic E-state index is 0.312. The number of hydrogen-bond donors (Lipinski definition) is 1. The molecule has 1 heterocycles. The Morgan fingerprint density at radius 2 is 2.00 bits per heavy atom. The predicted octanol–water partition coefficient (Wildman–Crippen LogP) is 0.861. The van der Waals surface area contributed by atoms with Gasteiger partial charge in [0.25, 0.3) is 0 Å². The lowest BCUT2D eigenvalue weighted by atomic mass is 10.2. The van der Waals surface area contributed by atoms with Crippen LogP contribution in [-0.4, -0.2) is 15.0 Å². The van der Waals surface area contributed by atoms with Gasteiger partial charge in [0, 0.05) is 5.56 Å². The third-order valence-corrected chi connectivity index (χ3v) is 1.77. The molecule has 2 aromatic rings. The molecule has 0 aliphatic carbocycles. The summed E-state index contributed by atoms with van der Waals surface area (Å²) in [6.07, 6.45) is 1.71. The molecule has 2 rings (SSSR count).